The summed E-state index contributed by atoms with van der Waals surface area (Å²) in [6.07, 6.45) is 2.58. The lowest BCUT2D eigenvalue weighted by Gasteiger charge is -2.27. The molecule has 0 amide bonds. The Morgan fingerprint density at radius 2 is 2.12 bits per heavy atom. The predicted octanol–water partition coefficient (Wildman–Crippen LogP) is 1.61. The minimum Gasteiger partial charge on any atom is -0.307 e. The third kappa shape index (κ3) is 3.49. The number of nitrogens with zero attached hydrogens (tertiary/aromatic N) is 4. The quantitative estimate of drug-likeness (QED) is 0.845. The number of aromatic nitrogens is 4. The second-order valence-corrected chi connectivity index (χ2v) is 6.20. The van der Waals surface area contributed by atoms with Gasteiger partial charge in [-0.1, -0.05) is 27.7 Å². The van der Waals surface area contributed by atoms with E-state index in [9.17, 15) is 0 Å². The molecule has 1 saturated carbocycles. The van der Waals surface area contributed by atoms with Crippen molar-refractivity contribution in [2.24, 2.45) is 11.3 Å². The lowest BCUT2D eigenvalue weighted by molar-refractivity contribution is 0.221. The maximum Gasteiger partial charge on any atom is 0.165 e. The van der Waals surface area contributed by atoms with Crippen molar-refractivity contribution in [2.75, 3.05) is 0 Å². The summed E-state index contributed by atoms with van der Waals surface area (Å²) >= 11 is 0. The Labute approximate surface area is 103 Å². The van der Waals surface area contributed by atoms with Crippen molar-refractivity contribution in [1.29, 1.82) is 0 Å². The number of rotatable bonds is 5. The molecule has 1 aliphatic carbocycles. The molecule has 2 rings (SSSR count). The van der Waals surface area contributed by atoms with Gasteiger partial charge in [0.05, 0.1) is 6.54 Å². The van der Waals surface area contributed by atoms with Crippen LogP contribution in [0.15, 0.2) is 0 Å². The summed E-state index contributed by atoms with van der Waals surface area (Å²) in [6, 6.07) is 0.695. The van der Waals surface area contributed by atoms with Gasteiger partial charge >= 0.3 is 0 Å². The van der Waals surface area contributed by atoms with E-state index in [1.165, 1.54) is 12.8 Å². The van der Waals surface area contributed by atoms with Crippen LogP contribution >= 0.6 is 0 Å². The molecular weight excluding hydrogens is 214 g/mol. The molecule has 1 atom stereocenters. The average molecular weight is 237 g/mol. The van der Waals surface area contributed by atoms with E-state index in [2.05, 4.69) is 48.5 Å². The SMILES string of the molecule is CC(Cn1nnnc1CNC1CC1)C(C)(C)C. The van der Waals surface area contributed by atoms with Crippen molar-refractivity contribution < 1.29 is 0 Å². The van der Waals surface area contributed by atoms with Crippen molar-refractivity contribution >= 4 is 0 Å². The van der Waals surface area contributed by atoms with Crippen LogP contribution < -0.4 is 5.32 Å². The van der Waals surface area contributed by atoms with Crippen molar-refractivity contribution in [2.45, 2.75) is 59.7 Å². The molecule has 0 radical (unpaired) electrons. The largest absolute Gasteiger partial charge is 0.307 e. The van der Waals surface area contributed by atoms with Crippen LogP contribution in [-0.4, -0.2) is 26.2 Å². The number of nitrogens with one attached hydrogen (secondary N) is 1. The van der Waals surface area contributed by atoms with E-state index in [1.54, 1.807) is 0 Å². The van der Waals surface area contributed by atoms with Crippen LogP contribution in [0.2, 0.25) is 0 Å². The summed E-state index contributed by atoms with van der Waals surface area (Å²) in [6.45, 7) is 10.7. The molecular formula is C12H23N5. The van der Waals surface area contributed by atoms with Gasteiger partial charge in [-0.3, -0.25) is 0 Å². The molecule has 96 valence electrons. The molecule has 1 unspecified atom stereocenters. The molecule has 1 heterocycles. The molecule has 17 heavy (non-hydrogen) atoms. The van der Waals surface area contributed by atoms with Crippen molar-refractivity contribution in [1.82, 2.24) is 25.5 Å². The summed E-state index contributed by atoms with van der Waals surface area (Å²) in [7, 11) is 0. The van der Waals surface area contributed by atoms with Crippen LogP contribution in [0.1, 0.15) is 46.4 Å². The molecule has 0 aromatic carbocycles. The number of hydrogen-bond acceptors (Lipinski definition) is 4. The predicted molar refractivity (Wildman–Crippen MR) is 66.3 cm³/mol. The maximum absolute atomic E-state index is 4.09. The molecule has 1 aromatic heterocycles. The fourth-order valence-electron chi connectivity index (χ4n) is 1.55. The summed E-state index contributed by atoms with van der Waals surface area (Å²) in [4.78, 5) is 0. The van der Waals surface area contributed by atoms with E-state index < -0.39 is 0 Å². The molecule has 1 fully saturated rings. The lowest BCUT2D eigenvalue weighted by Crippen LogP contribution is -2.26. The first-order valence-electron chi connectivity index (χ1n) is 6.45. The molecule has 1 aliphatic rings. The molecule has 5 nitrogen and oxygen atoms in total. The van der Waals surface area contributed by atoms with Crippen LogP contribution in [0.4, 0.5) is 0 Å². The smallest absolute Gasteiger partial charge is 0.165 e. The van der Waals surface area contributed by atoms with Crippen molar-refractivity contribution in [3.8, 4) is 0 Å². The first-order valence-corrected chi connectivity index (χ1v) is 6.45. The second-order valence-electron chi connectivity index (χ2n) is 6.20. The van der Waals surface area contributed by atoms with E-state index in [4.69, 9.17) is 0 Å². The minimum atomic E-state index is 0.285. The minimum absolute atomic E-state index is 0.285. The van der Waals surface area contributed by atoms with E-state index in [-0.39, 0.29) is 5.41 Å². The molecule has 0 spiro atoms. The fraction of sp³-hybridized carbons (Fsp3) is 0.917. The lowest BCUT2D eigenvalue weighted by atomic mass is 9.82. The average Bonchev–Trinajstić information content (AvgIpc) is 2.96. The Morgan fingerprint density at radius 1 is 1.41 bits per heavy atom. The highest BCUT2D eigenvalue weighted by molar-refractivity contribution is 4.87. The Bertz CT molecular complexity index is 361. The third-order valence-electron chi connectivity index (χ3n) is 3.66. The zero-order chi connectivity index (χ0) is 12.5. The van der Waals surface area contributed by atoms with E-state index in [0.717, 1.165) is 18.9 Å². The van der Waals surface area contributed by atoms with Gasteiger partial charge in [0.2, 0.25) is 0 Å². The van der Waals surface area contributed by atoms with Crippen LogP contribution in [0, 0.1) is 11.3 Å². The summed E-state index contributed by atoms with van der Waals surface area (Å²) in [5.41, 5.74) is 0.285. The van der Waals surface area contributed by atoms with E-state index in [0.29, 0.717) is 12.0 Å². The normalized spacial score (nSPS) is 18.4. The zero-order valence-corrected chi connectivity index (χ0v) is 11.3. The Hall–Kier alpha value is -0.970. The van der Waals surface area contributed by atoms with Gasteiger partial charge < -0.3 is 5.32 Å². The van der Waals surface area contributed by atoms with E-state index in [1.807, 2.05) is 4.68 Å². The molecule has 1 N–H and O–H groups in total. The third-order valence-corrected chi connectivity index (χ3v) is 3.66. The monoisotopic (exact) mass is 237 g/mol. The van der Waals surface area contributed by atoms with Gasteiger partial charge in [-0.25, -0.2) is 4.68 Å². The van der Waals surface area contributed by atoms with Crippen LogP contribution in [0.25, 0.3) is 0 Å². The van der Waals surface area contributed by atoms with Gasteiger partial charge in [-0.2, -0.15) is 0 Å². The Balaban J connectivity index is 1.93. The van der Waals surface area contributed by atoms with Crippen molar-refractivity contribution in [3.63, 3.8) is 0 Å². The van der Waals surface area contributed by atoms with Gasteiger partial charge in [0, 0.05) is 12.6 Å². The first-order chi connectivity index (χ1) is 7.97. The molecule has 5 heteroatoms. The highest BCUT2D eigenvalue weighted by Gasteiger charge is 2.24. The van der Waals surface area contributed by atoms with E-state index >= 15 is 0 Å². The molecule has 1 aromatic rings. The van der Waals surface area contributed by atoms with Gasteiger partial charge in [0.1, 0.15) is 0 Å². The highest BCUT2D eigenvalue weighted by atomic mass is 15.5. The summed E-state index contributed by atoms with van der Waals surface area (Å²) in [5.74, 6) is 1.50. The number of hydrogen-bond donors (Lipinski definition) is 1. The Morgan fingerprint density at radius 3 is 2.71 bits per heavy atom. The second kappa shape index (κ2) is 4.72. The topological polar surface area (TPSA) is 55.6 Å². The summed E-state index contributed by atoms with van der Waals surface area (Å²) in [5, 5.41) is 15.4. The van der Waals surface area contributed by atoms with Gasteiger partial charge in [0.15, 0.2) is 5.82 Å². The first kappa shape index (κ1) is 12.5. The van der Waals surface area contributed by atoms with Gasteiger partial charge in [-0.15, -0.1) is 5.10 Å². The summed E-state index contributed by atoms with van der Waals surface area (Å²) < 4.78 is 1.94. The highest BCUT2D eigenvalue weighted by Crippen LogP contribution is 2.26. The van der Waals surface area contributed by atoms with Crippen LogP contribution in [0.5, 0.6) is 0 Å². The molecule has 0 bridgehead atoms. The molecule has 0 aliphatic heterocycles. The van der Waals surface area contributed by atoms with Gasteiger partial charge in [0.25, 0.3) is 0 Å². The molecule has 0 saturated heterocycles. The fourth-order valence-corrected chi connectivity index (χ4v) is 1.55. The zero-order valence-electron chi connectivity index (χ0n) is 11.3. The standard InChI is InChI=1S/C12H23N5/c1-9(12(2,3)4)8-17-11(14-15-16-17)7-13-10-5-6-10/h9-10,13H,5-8H2,1-4H3. The van der Waals surface area contributed by atoms with Crippen LogP contribution in [0.3, 0.4) is 0 Å². The number of tetrazole rings is 1. The van der Waals surface area contributed by atoms with Crippen molar-refractivity contribution in [3.05, 3.63) is 5.82 Å². The maximum atomic E-state index is 4.09. The Kier molecular flexibility index (Phi) is 3.47. The van der Waals surface area contributed by atoms with Crippen LogP contribution in [-0.2, 0) is 13.1 Å². The van der Waals surface area contributed by atoms with Gasteiger partial charge in [-0.05, 0) is 34.6 Å².